The van der Waals surface area contributed by atoms with Crippen LogP contribution in [0.2, 0.25) is 0 Å². The molecule has 2 atom stereocenters. The first kappa shape index (κ1) is 20.9. The largest absolute Gasteiger partial charge is 0.314 e. The van der Waals surface area contributed by atoms with Gasteiger partial charge in [-0.1, -0.05) is 45.0 Å². The molecule has 1 heterocycles. The number of anilines is 2. The van der Waals surface area contributed by atoms with E-state index in [1.165, 1.54) is 6.26 Å². The average molecular weight is 424 g/mol. The van der Waals surface area contributed by atoms with Gasteiger partial charge in [-0.2, -0.15) is 0 Å². The van der Waals surface area contributed by atoms with Crippen molar-refractivity contribution in [1.29, 1.82) is 0 Å². The molecule has 0 unspecified atom stereocenters. The van der Waals surface area contributed by atoms with E-state index in [-0.39, 0.29) is 22.4 Å². The molecule has 0 N–H and O–H groups in total. The summed E-state index contributed by atoms with van der Waals surface area (Å²) >= 11 is 0. The molecule has 4 nitrogen and oxygen atoms in total. The Balaban J connectivity index is 1.65. The van der Waals surface area contributed by atoms with Crippen LogP contribution in [0.4, 0.5) is 11.4 Å². The second-order valence-electron chi connectivity index (χ2n) is 9.16. The van der Waals surface area contributed by atoms with Crippen LogP contribution in [-0.2, 0) is 15.3 Å². The quantitative estimate of drug-likeness (QED) is 0.603. The van der Waals surface area contributed by atoms with Crippen molar-refractivity contribution in [2.45, 2.75) is 50.2 Å². The van der Waals surface area contributed by atoms with Crippen LogP contribution in [-0.4, -0.2) is 25.7 Å². The summed E-state index contributed by atoms with van der Waals surface area (Å²) in [6, 6.07) is 16.0. The number of allylic oxidation sites excluding steroid dienone is 1. The van der Waals surface area contributed by atoms with Crippen molar-refractivity contribution in [2.75, 3.05) is 11.2 Å². The standard InChI is InChI=1S/C25H29NO3S/c1-17-25(2,3)21-15-18(13-14-22(21)26(17)20-10-6-5-7-11-20)23(27)16-19-9-8-12-24(19)30(4,28)29/h5-7,10-11,13-15,19,24H,1,8-9,12,16H2,2-4H3/t19-,24+/m1/s1. The molecule has 0 amide bonds. The maximum atomic E-state index is 13.1. The van der Waals surface area contributed by atoms with Crippen LogP contribution in [0.1, 0.15) is 55.5 Å². The van der Waals surface area contributed by atoms with E-state index in [4.69, 9.17) is 0 Å². The molecule has 5 heteroatoms. The fraction of sp³-hybridized carbons (Fsp3) is 0.400. The molecule has 158 valence electrons. The molecule has 1 fully saturated rings. The molecule has 0 spiro atoms. The zero-order valence-corrected chi connectivity index (χ0v) is 18.7. The summed E-state index contributed by atoms with van der Waals surface area (Å²) < 4.78 is 24.2. The number of para-hydroxylation sites is 1. The summed E-state index contributed by atoms with van der Waals surface area (Å²) in [5.74, 6) is -0.0533. The SMILES string of the molecule is C=C1N(c2ccccc2)c2ccc(C(=O)C[C@H]3CCC[C@@H]3S(C)(=O)=O)cc2C1(C)C. The fourth-order valence-corrected chi connectivity index (χ4v) is 6.54. The summed E-state index contributed by atoms with van der Waals surface area (Å²) in [5, 5.41) is -0.388. The van der Waals surface area contributed by atoms with Gasteiger partial charge >= 0.3 is 0 Å². The van der Waals surface area contributed by atoms with Gasteiger partial charge in [-0.25, -0.2) is 8.42 Å². The minimum atomic E-state index is -3.12. The number of rotatable bonds is 5. The highest BCUT2D eigenvalue weighted by atomic mass is 32.2. The van der Waals surface area contributed by atoms with E-state index >= 15 is 0 Å². The predicted octanol–water partition coefficient (Wildman–Crippen LogP) is 5.42. The lowest BCUT2D eigenvalue weighted by Crippen LogP contribution is -2.26. The van der Waals surface area contributed by atoms with Gasteiger partial charge in [0, 0.05) is 40.7 Å². The third kappa shape index (κ3) is 3.49. The Bertz CT molecular complexity index is 1100. The first-order chi connectivity index (χ1) is 14.1. The van der Waals surface area contributed by atoms with E-state index in [1.54, 1.807) is 0 Å². The molecular formula is C25H29NO3S. The Kier molecular flexibility index (Phi) is 5.13. The van der Waals surface area contributed by atoms with Crippen molar-refractivity contribution in [2.24, 2.45) is 5.92 Å². The van der Waals surface area contributed by atoms with Crippen LogP contribution in [0, 0.1) is 5.92 Å². The van der Waals surface area contributed by atoms with E-state index in [2.05, 4.69) is 37.5 Å². The fourth-order valence-electron chi connectivity index (χ4n) is 5.01. The summed E-state index contributed by atoms with van der Waals surface area (Å²) in [6.45, 7) is 8.60. The molecule has 0 saturated heterocycles. The van der Waals surface area contributed by atoms with E-state index in [0.717, 1.165) is 35.5 Å². The van der Waals surface area contributed by atoms with Crippen LogP contribution in [0.5, 0.6) is 0 Å². The second kappa shape index (κ2) is 7.38. The first-order valence-electron chi connectivity index (χ1n) is 10.5. The molecule has 1 saturated carbocycles. The number of fused-ring (bicyclic) bond motifs is 1. The van der Waals surface area contributed by atoms with E-state index in [0.29, 0.717) is 18.4 Å². The lowest BCUT2D eigenvalue weighted by molar-refractivity contribution is 0.0962. The number of Topliss-reactive ketones (excluding diaryl/α,β-unsaturated/α-hetero) is 1. The maximum absolute atomic E-state index is 13.1. The number of carbonyl (C=O) groups excluding carboxylic acids is 1. The zero-order valence-electron chi connectivity index (χ0n) is 17.9. The van der Waals surface area contributed by atoms with Crippen molar-refractivity contribution < 1.29 is 13.2 Å². The maximum Gasteiger partial charge on any atom is 0.163 e. The van der Waals surface area contributed by atoms with Gasteiger partial charge < -0.3 is 4.90 Å². The average Bonchev–Trinajstić information content (AvgIpc) is 3.24. The smallest absolute Gasteiger partial charge is 0.163 e. The van der Waals surface area contributed by atoms with Crippen molar-refractivity contribution in [1.82, 2.24) is 0 Å². The summed E-state index contributed by atoms with van der Waals surface area (Å²) in [5.41, 5.74) is 4.50. The lowest BCUT2D eigenvalue weighted by Gasteiger charge is -2.25. The molecule has 2 aromatic rings. The molecule has 1 aliphatic heterocycles. The summed E-state index contributed by atoms with van der Waals surface area (Å²) in [4.78, 5) is 15.2. The third-order valence-corrected chi connectivity index (χ3v) is 8.55. The Morgan fingerprint density at radius 1 is 1.13 bits per heavy atom. The van der Waals surface area contributed by atoms with E-state index < -0.39 is 9.84 Å². The van der Waals surface area contributed by atoms with Crippen LogP contribution in [0.3, 0.4) is 0 Å². The zero-order chi connectivity index (χ0) is 21.7. The topological polar surface area (TPSA) is 54.5 Å². The number of carbonyl (C=O) groups is 1. The number of benzene rings is 2. The number of sulfone groups is 1. The number of hydrogen-bond acceptors (Lipinski definition) is 4. The molecule has 0 aromatic heterocycles. The van der Waals surface area contributed by atoms with Crippen molar-refractivity contribution >= 4 is 27.0 Å². The highest BCUT2D eigenvalue weighted by Gasteiger charge is 2.40. The van der Waals surface area contributed by atoms with Gasteiger partial charge in [-0.15, -0.1) is 0 Å². The Labute approximate surface area is 179 Å². The number of hydrogen-bond donors (Lipinski definition) is 0. The van der Waals surface area contributed by atoms with Crippen molar-refractivity contribution in [3.63, 3.8) is 0 Å². The van der Waals surface area contributed by atoms with Gasteiger partial charge in [0.2, 0.25) is 0 Å². The highest BCUT2D eigenvalue weighted by molar-refractivity contribution is 7.91. The predicted molar refractivity (Wildman–Crippen MR) is 122 cm³/mol. The van der Waals surface area contributed by atoms with E-state index in [9.17, 15) is 13.2 Å². The molecule has 0 radical (unpaired) electrons. The Morgan fingerprint density at radius 3 is 2.50 bits per heavy atom. The molecule has 30 heavy (non-hydrogen) atoms. The molecule has 0 bridgehead atoms. The molecule has 4 rings (SSSR count). The first-order valence-corrected chi connectivity index (χ1v) is 12.5. The van der Waals surface area contributed by atoms with Gasteiger partial charge in [-0.3, -0.25) is 4.79 Å². The monoisotopic (exact) mass is 423 g/mol. The van der Waals surface area contributed by atoms with E-state index in [1.807, 2.05) is 36.4 Å². The molecule has 2 aromatic carbocycles. The third-order valence-electron chi connectivity index (χ3n) is 6.83. The summed E-state index contributed by atoms with van der Waals surface area (Å²) in [7, 11) is -3.12. The lowest BCUT2D eigenvalue weighted by atomic mass is 9.83. The van der Waals surface area contributed by atoms with Gasteiger partial charge in [0.15, 0.2) is 15.6 Å². The van der Waals surface area contributed by atoms with Crippen LogP contribution < -0.4 is 4.90 Å². The Hall–Kier alpha value is -2.40. The van der Waals surface area contributed by atoms with Crippen LogP contribution in [0.25, 0.3) is 0 Å². The molecule has 1 aliphatic carbocycles. The molecule has 2 aliphatic rings. The van der Waals surface area contributed by atoms with Gasteiger partial charge in [0.05, 0.1) is 5.25 Å². The van der Waals surface area contributed by atoms with Gasteiger partial charge in [0.25, 0.3) is 0 Å². The summed E-state index contributed by atoms with van der Waals surface area (Å²) in [6.07, 6.45) is 3.93. The van der Waals surface area contributed by atoms with Gasteiger partial charge in [-0.05, 0) is 54.7 Å². The Morgan fingerprint density at radius 2 is 1.83 bits per heavy atom. The normalized spacial score (nSPS) is 22.9. The number of ketones is 1. The van der Waals surface area contributed by atoms with Crippen LogP contribution >= 0.6 is 0 Å². The van der Waals surface area contributed by atoms with Crippen molar-refractivity contribution in [3.05, 3.63) is 71.9 Å². The van der Waals surface area contributed by atoms with Crippen molar-refractivity contribution in [3.8, 4) is 0 Å². The van der Waals surface area contributed by atoms with Crippen LogP contribution in [0.15, 0.2) is 60.8 Å². The second-order valence-corrected chi connectivity index (χ2v) is 11.4. The van der Waals surface area contributed by atoms with Gasteiger partial charge in [0.1, 0.15) is 0 Å². The minimum absolute atomic E-state index is 0.0259. The minimum Gasteiger partial charge on any atom is -0.314 e. The highest BCUT2D eigenvalue weighted by Crippen LogP contribution is 2.50. The number of nitrogens with zero attached hydrogens (tertiary/aromatic N) is 1. The molecular weight excluding hydrogens is 394 g/mol.